The number of thioether (sulfide) groups is 1. The first kappa shape index (κ1) is 12.1. The molecule has 2 N–H and O–H groups in total. The van der Waals surface area contributed by atoms with E-state index >= 15 is 0 Å². The van der Waals surface area contributed by atoms with Crippen LogP contribution in [-0.2, 0) is 0 Å². The Labute approximate surface area is 103 Å². The number of guanidine groups is 1. The molecule has 3 nitrogen and oxygen atoms in total. The number of nitrogens with zero attached hydrogens (tertiary/aromatic N) is 2. The van der Waals surface area contributed by atoms with Gasteiger partial charge in [-0.1, -0.05) is 12.8 Å². The average molecular weight is 241 g/mol. The number of aliphatic imine (C=N–C) groups is 1. The summed E-state index contributed by atoms with van der Waals surface area (Å²) < 4.78 is 0. The predicted octanol–water partition coefficient (Wildman–Crippen LogP) is 2.07. The van der Waals surface area contributed by atoms with Crippen LogP contribution in [0.15, 0.2) is 4.99 Å². The van der Waals surface area contributed by atoms with Gasteiger partial charge >= 0.3 is 0 Å². The summed E-state index contributed by atoms with van der Waals surface area (Å²) in [5.41, 5.74) is 6.02. The van der Waals surface area contributed by atoms with E-state index in [2.05, 4.69) is 16.1 Å². The van der Waals surface area contributed by atoms with Gasteiger partial charge < -0.3 is 10.6 Å². The summed E-state index contributed by atoms with van der Waals surface area (Å²) in [5.74, 6) is 2.07. The fourth-order valence-electron chi connectivity index (χ4n) is 2.92. The summed E-state index contributed by atoms with van der Waals surface area (Å²) >= 11 is 1.93. The Morgan fingerprint density at radius 3 is 2.88 bits per heavy atom. The van der Waals surface area contributed by atoms with Crippen molar-refractivity contribution >= 4 is 17.7 Å². The van der Waals surface area contributed by atoms with Crippen molar-refractivity contribution in [2.24, 2.45) is 10.7 Å². The van der Waals surface area contributed by atoms with Crippen molar-refractivity contribution in [3.05, 3.63) is 0 Å². The van der Waals surface area contributed by atoms with Crippen LogP contribution < -0.4 is 5.73 Å². The van der Waals surface area contributed by atoms with Crippen LogP contribution in [0.1, 0.15) is 38.5 Å². The SMILES string of the molecule is CSCCCC1CN=C(N)N1C1CCCC1. The largest absolute Gasteiger partial charge is 0.370 e. The molecular formula is C12H23N3S. The summed E-state index contributed by atoms with van der Waals surface area (Å²) in [5, 5.41) is 0. The Kier molecular flexibility index (Phi) is 4.38. The number of hydrogen-bond acceptors (Lipinski definition) is 4. The van der Waals surface area contributed by atoms with Crippen LogP contribution in [0.3, 0.4) is 0 Å². The Hall–Kier alpha value is -0.380. The minimum absolute atomic E-state index is 0.593. The average Bonchev–Trinajstić information content (AvgIpc) is 2.88. The lowest BCUT2D eigenvalue weighted by molar-refractivity contribution is 0.248. The van der Waals surface area contributed by atoms with Crippen molar-refractivity contribution in [1.29, 1.82) is 0 Å². The fourth-order valence-corrected chi connectivity index (χ4v) is 3.37. The molecule has 16 heavy (non-hydrogen) atoms. The maximum Gasteiger partial charge on any atom is 0.191 e. The molecule has 1 aliphatic carbocycles. The van der Waals surface area contributed by atoms with Crippen LogP contribution in [0, 0.1) is 0 Å². The van der Waals surface area contributed by atoms with Crippen LogP contribution >= 0.6 is 11.8 Å². The monoisotopic (exact) mass is 241 g/mol. The highest BCUT2D eigenvalue weighted by atomic mass is 32.2. The number of hydrogen-bond donors (Lipinski definition) is 1. The van der Waals surface area contributed by atoms with Crippen molar-refractivity contribution in [3.8, 4) is 0 Å². The van der Waals surface area contributed by atoms with Crippen LogP contribution in [0.5, 0.6) is 0 Å². The zero-order valence-electron chi connectivity index (χ0n) is 10.2. The van der Waals surface area contributed by atoms with Crippen LogP contribution in [-0.4, -0.2) is 41.5 Å². The van der Waals surface area contributed by atoms with Gasteiger partial charge in [-0.3, -0.25) is 4.99 Å². The Morgan fingerprint density at radius 1 is 1.44 bits per heavy atom. The molecule has 1 fully saturated rings. The molecule has 2 aliphatic rings. The van der Waals surface area contributed by atoms with Gasteiger partial charge in [0.05, 0.1) is 12.6 Å². The van der Waals surface area contributed by atoms with E-state index in [0.29, 0.717) is 12.1 Å². The highest BCUT2D eigenvalue weighted by Crippen LogP contribution is 2.28. The standard InChI is InChI=1S/C12H23N3S/c1-16-8-4-7-11-9-14-12(13)15(11)10-5-2-3-6-10/h10-11H,2-9H2,1H3,(H2,13,14). The van der Waals surface area contributed by atoms with Gasteiger partial charge in [-0.2, -0.15) is 11.8 Å². The lowest BCUT2D eigenvalue weighted by Gasteiger charge is -2.32. The Morgan fingerprint density at radius 2 is 2.19 bits per heavy atom. The summed E-state index contributed by atoms with van der Waals surface area (Å²) in [6.45, 7) is 0.927. The van der Waals surface area contributed by atoms with Gasteiger partial charge in [0.15, 0.2) is 5.96 Å². The van der Waals surface area contributed by atoms with Crippen molar-refractivity contribution in [1.82, 2.24) is 4.90 Å². The predicted molar refractivity (Wildman–Crippen MR) is 72.0 cm³/mol. The van der Waals surface area contributed by atoms with Gasteiger partial charge in [-0.15, -0.1) is 0 Å². The Balaban J connectivity index is 1.87. The molecule has 1 saturated carbocycles. The normalized spacial score (nSPS) is 26.4. The smallest absolute Gasteiger partial charge is 0.191 e. The molecule has 1 unspecified atom stereocenters. The molecule has 0 saturated heterocycles. The third-order valence-corrected chi connectivity index (χ3v) is 4.42. The maximum atomic E-state index is 6.02. The molecule has 0 bridgehead atoms. The molecule has 4 heteroatoms. The molecule has 1 aliphatic heterocycles. The van der Waals surface area contributed by atoms with Gasteiger partial charge in [0.25, 0.3) is 0 Å². The minimum Gasteiger partial charge on any atom is -0.370 e. The molecule has 0 aromatic rings. The second-order valence-corrected chi connectivity index (χ2v) is 5.82. The van der Waals surface area contributed by atoms with Gasteiger partial charge in [0.2, 0.25) is 0 Å². The minimum atomic E-state index is 0.593. The molecule has 92 valence electrons. The topological polar surface area (TPSA) is 41.6 Å². The van der Waals surface area contributed by atoms with E-state index in [9.17, 15) is 0 Å². The number of nitrogens with two attached hydrogens (primary N) is 1. The maximum absolute atomic E-state index is 6.02. The molecule has 0 aromatic heterocycles. The van der Waals surface area contributed by atoms with Crippen molar-refractivity contribution in [2.75, 3.05) is 18.6 Å². The molecule has 0 aromatic carbocycles. The highest BCUT2D eigenvalue weighted by Gasteiger charge is 2.33. The fraction of sp³-hybridized carbons (Fsp3) is 0.917. The van der Waals surface area contributed by atoms with Crippen LogP contribution in [0.25, 0.3) is 0 Å². The summed E-state index contributed by atoms with van der Waals surface area (Å²) in [4.78, 5) is 6.86. The van der Waals surface area contributed by atoms with Gasteiger partial charge in [0, 0.05) is 6.04 Å². The van der Waals surface area contributed by atoms with Gasteiger partial charge in [-0.25, -0.2) is 0 Å². The van der Waals surface area contributed by atoms with Gasteiger partial charge in [-0.05, 0) is 37.7 Å². The van der Waals surface area contributed by atoms with E-state index in [-0.39, 0.29) is 0 Å². The lowest BCUT2D eigenvalue weighted by atomic mass is 10.1. The zero-order valence-corrected chi connectivity index (χ0v) is 11.0. The summed E-state index contributed by atoms with van der Waals surface area (Å²) in [6.07, 6.45) is 10.1. The van der Waals surface area contributed by atoms with E-state index in [4.69, 9.17) is 5.73 Å². The summed E-state index contributed by atoms with van der Waals surface area (Å²) in [7, 11) is 0. The summed E-state index contributed by atoms with van der Waals surface area (Å²) in [6, 6.07) is 1.28. The van der Waals surface area contributed by atoms with Crippen molar-refractivity contribution < 1.29 is 0 Å². The van der Waals surface area contributed by atoms with E-state index in [1.54, 1.807) is 0 Å². The Bertz CT molecular complexity index is 249. The molecule has 0 spiro atoms. The van der Waals surface area contributed by atoms with E-state index in [1.807, 2.05) is 11.8 Å². The van der Waals surface area contributed by atoms with Gasteiger partial charge in [0.1, 0.15) is 0 Å². The highest BCUT2D eigenvalue weighted by molar-refractivity contribution is 7.98. The van der Waals surface area contributed by atoms with E-state index in [1.165, 1.54) is 44.3 Å². The second-order valence-electron chi connectivity index (χ2n) is 4.83. The first-order valence-electron chi connectivity index (χ1n) is 6.40. The molecule has 0 radical (unpaired) electrons. The third-order valence-electron chi connectivity index (χ3n) is 3.73. The molecular weight excluding hydrogens is 218 g/mol. The molecule has 1 atom stereocenters. The first-order chi connectivity index (χ1) is 7.83. The molecule has 1 heterocycles. The lowest BCUT2D eigenvalue weighted by Crippen LogP contribution is -2.46. The quantitative estimate of drug-likeness (QED) is 0.749. The van der Waals surface area contributed by atoms with Crippen LogP contribution in [0.2, 0.25) is 0 Å². The molecule has 0 amide bonds. The number of rotatable bonds is 5. The van der Waals surface area contributed by atoms with Crippen molar-refractivity contribution in [2.45, 2.75) is 50.6 Å². The zero-order chi connectivity index (χ0) is 11.4. The van der Waals surface area contributed by atoms with Crippen molar-refractivity contribution in [3.63, 3.8) is 0 Å². The third kappa shape index (κ3) is 2.65. The second kappa shape index (κ2) is 5.80. The molecule has 2 rings (SSSR count). The van der Waals surface area contributed by atoms with E-state index < -0.39 is 0 Å². The first-order valence-corrected chi connectivity index (χ1v) is 7.79. The van der Waals surface area contributed by atoms with Crippen LogP contribution in [0.4, 0.5) is 0 Å². The van der Waals surface area contributed by atoms with E-state index in [0.717, 1.165) is 12.5 Å².